The summed E-state index contributed by atoms with van der Waals surface area (Å²) >= 11 is 6.25. The highest BCUT2D eigenvalue weighted by atomic mass is 32.2. The standard InChI is InChI=1S/C28H22O2S4/c29-23(25-13-7-15-31-25)19-27(21-9-3-1-4-10-21)33-17-18-34-28(22-11-5-2-6-12-22)20-24(30)26-14-8-16-32-26/h1-16,19-20H,17-18H2/b27-19-,28-20-. The van der Waals surface area contributed by atoms with E-state index < -0.39 is 0 Å². The molecule has 2 aromatic heterocycles. The van der Waals surface area contributed by atoms with Gasteiger partial charge >= 0.3 is 0 Å². The lowest BCUT2D eigenvalue weighted by Crippen LogP contribution is -1.95. The van der Waals surface area contributed by atoms with E-state index >= 15 is 0 Å². The second kappa shape index (κ2) is 12.7. The fraction of sp³-hybridized carbons (Fsp3) is 0.0714. The molecule has 0 saturated carbocycles. The first-order valence-corrected chi connectivity index (χ1v) is 14.4. The molecule has 0 saturated heterocycles. The highest BCUT2D eigenvalue weighted by Gasteiger charge is 2.11. The number of carbonyl (C=O) groups excluding carboxylic acids is 2. The van der Waals surface area contributed by atoms with Crippen molar-refractivity contribution in [2.45, 2.75) is 0 Å². The van der Waals surface area contributed by atoms with E-state index in [0.717, 1.165) is 42.2 Å². The van der Waals surface area contributed by atoms with Crippen LogP contribution in [0.15, 0.2) is 108 Å². The molecule has 6 heteroatoms. The topological polar surface area (TPSA) is 34.1 Å². The Bertz CT molecular complexity index is 1150. The normalized spacial score (nSPS) is 12.0. The van der Waals surface area contributed by atoms with Crippen LogP contribution in [0.1, 0.15) is 30.5 Å². The molecule has 0 unspecified atom stereocenters. The Morgan fingerprint density at radius 1 is 0.588 bits per heavy atom. The van der Waals surface area contributed by atoms with Crippen molar-refractivity contribution in [1.82, 2.24) is 0 Å². The molecule has 2 nitrogen and oxygen atoms in total. The molecule has 4 aromatic rings. The van der Waals surface area contributed by atoms with Crippen LogP contribution in [0.4, 0.5) is 0 Å². The number of carbonyl (C=O) groups is 2. The fourth-order valence-corrected chi connectivity index (χ4v) is 6.51. The van der Waals surface area contributed by atoms with E-state index in [1.807, 2.05) is 95.7 Å². The number of hydrogen-bond donors (Lipinski definition) is 0. The highest BCUT2D eigenvalue weighted by molar-refractivity contribution is 8.11. The van der Waals surface area contributed by atoms with Gasteiger partial charge in [-0.15, -0.1) is 46.2 Å². The SMILES string of the molecule is O=C(/C=C(\SCCS/C(=C\C(=O)c1cccs1)c1ccccc1)c1ccccc1)c1cccs1. The van der Waals surface area contributed by atoms with Gasteiger partial charge in [-0.25, -0.2) is 0 Å². The zero-order chi connectivity index (χ0) is 23.6. The molecule has 0 aliphatic heterocycles. The molecule has 2 heterocycles. The van der Waals surface area contributed by atoms with Crippen molar-refractivity contribution in [2.75, 3.05) is 11.5 Å². The maximum absolute atomic E-state index is 12.7. The summed E-state index contributed by atoms with van der Waals surface area (Å²) in [6.07, 6.45) is 3.48. The number of benzene rings is 2. The lowest BCUT2D eigenvalue weighted by atomic mass is 10.2. The molecule has 0 aliphatic rings. The molecule has 0 fully saturated rings. The van der Waals surface area contributed by atoms with Crippen molar-refractivity contribution in [3.8, 4) is 0 Å². The Balaban J connectivity index is 1.46. The first kappa shape index (κ1) is 24.5. The van der Waals surface area contributed by atoms with E-state index in [-0.39, 0.29) is 11.6 Å². The van der Waals surface area contributed by atoms with Crippen LogP contribution >= 0.6 is 46.2 Å². The van der Waals surface area contributed by atoms with E-state index in [0.29, 0.717) is 0 Å². The maximum Gasteiger partial charge on any atom is 0.196 e. The van der Waals surface area contributed by atoms with E-state index in [1.54, 1.807) is 35.7 Å². The van der Waals surface area contributed by atoms with Gasteiger partial charge in [0.1, 0.15) is 0 Å². The average Bonchev–Trinajstić information content (AvgIpc) is 3.61. The summed E-state index contributed by atoms with van der Waals surface area (Å²) in [5, 5.41) is 3.84. The zero-order valence-electron chi connectivity index (χ0n) is 18.3. The second-order valence-corrected chi connectivity index (χ2v) is 11.3. The largest absolute Gasteiger partial charge is 0.288 e. The van der Waals surface area contributed by atoms with Crippen LogP contribution in [0.2, 0.25) is 0 Å². The fourth-order valence-electron chi connectivity index (χ4n) is 3.14. The first-order valence-electron chi connectivity index (χ1n) is 10.7. The van der Waals surface area contributed by atoms with Crippen LogP contribution in [0, 0.1) is 0 Å². The van der Waals surface area contributed by atoms with Gasteiger partial charge in [0.05, 0.1) is 9.75 Å². The van der Waals surface area contributed by atoms with Crippen LogP contribution in [0.25, 0.3) is 9.81 Å². The summed E-state index contributed by atoms with van der Waals surface area (Å²) in [6.45, 7) is 0. The average molecular weight is 519 g/mol. The Hall–Kier alpha value is -2.64. The van der Waals surface area contributed by atoms with Crippen LogP contribution < -0.4 is 0 Å². The minimum atomic E-state index is 0.0282. The number of ketones is 2. The Morgan fingerprint density at radius 3 is 1.35 bits per heavy atom. The maximum atomic E-state index is 12.7. The lowest BCUT2D eigenvalue weighted by molar-refractivity contribution is 0.104. The molecule has 4 rings (SSSR count). The van der Waals surface area contributed by atoms with Gasteiger partial charge in [-0.3, -0.25) is 9.59 Å². The van der Waals surface area contributed by atoms with Crippen LogP contribution in [-0.4, -0.2) is 23.1 Å². The molecular formula is C28H22O2S4. The molecule has 0 amide bonds. The molecule has 0 aliphatic carbocycles. The summed E-state index contributed by atoms with van der Waals surface area (Å²) in [6, 6.07) is 27.5. The van der Waals surface area contributed by atoms with Gasteiger partial charge in [-0.05, 0) is 34.0 Å². The number of allylic oxidation sites excluding steroid dienone is 2. The summed E-state index contributed by atoms with van der Waals surface area (Å²) in [5.41, 5.74) is 2.07. The minimum Gasteiger partial charge on any atom is -0.288 e. The Kier molecular flexibility index (Phi) is 9.16. The van der Waals surface area contributed by atoms with Gasteiger partial charge in [0, 0.05) is 33.5 Å². The molecule has 0 N–H and O–H groups in total. The molecule has 170 valence electrons. The van der Waals surface area contributed by atoms with Crippen molar-refractivity contribution >= 4 is 67.6 Å². The number of thioether (sulfide) groups is 2. The summed E-state index contributed by atoms with van der Waals surface area (Å²) in [4.78, 5) is 28.8. The quantitative estimate of drug-likeness (QED) is 0.113. The molecule has 2 aromatic carbocycles. The summed E-state index contributed by atoms with van der Waals surface area (Å²) in [7, 11) is 0. The van der Waals surface area contributed by atoms with Crippen LogP contribution in [-0.2, 0) is 0 Å². The molecule has 0 radical (unpaired) electrons. The highest BCUT2D eigenvalue weighted by Crippen LogP contribution is 2.33. The number of rotatable bonds is 11. The van der Waals surface area contributed by atoms with Gasteiger partial charge in [-0.2, -0.15) is 0 Å². The van der Waals surface area contributed by atoms with Crippen molar-refractivity contribution in [1.29, 1.82) is 0 Å². The van der Waals surface area contributed by atoms with Gasteiger partial charge < -0.3 is 0 Å². The van der Waals surface area contributed by atoms with Gasteiger partial charge in [-0.1, -0.05) is 72.8 Å². The molecule has 0 spiro atoms. The van der Waals surface area contributed by atoms with E-state index in [1.165, 1.54) is 22.7 Å². The monoisotopic (exact) mass is 518 g/mol. The molecule has 34 heavy (non-hydrogen) atoms. The third-order valence-corrected chi connectivity index (χ3v) is 8.94. The van der Waals surface area contributed by atoms with E-state index in [9.17, 15) is 9.59 Å². The van der Waals surface area contributed by atoms with Crippen molar-refractivity contribution in [3.63, 3.8) is 0 Å². The Morgan fingerprint density at radius 2 is 1.00 bits per heavy atom. The third-order valence-electron chi connectivity index (χ3n) is 4.77. The summed E-state index contributed by atoms with van der Waals surface area (Å²) < 4.78 is 0. The summed E-state index contributed by atoms with van der Waals surface area (Å²) in [5.74, 6) is 1.67. The second-order valence-electron chi connectivity index (χ2n) is 7.13. The Labute approximate surface area is 216 Å². The van der Waals surface area contributed by atoms with E-state index in [4.69, 9.17) is 0 Å². The molecule has 0 bridgehead atoms. The molecule has 0 atom stereocenters. The number of thiophene rings is 2. The zero-order valence-corrected chi connectivity index (χ0v) is 21.5. The van der Waals surface area contributed by atoms with Crippen molar-refractivity contribution < 1.29 is 9.59 Å². The van der Waals surface area contributed by atoms with Crippen LogP contribution in [0.3, 0.4) is 0 Å². The number of hydrogen-bond acceptors (Lipinski definition) is 6. The van der Waals surface area contributed by atoms with Gasteiger partial charge in [0.25, 0.3) is 0 Å². The van der Waals surface area contributed by atoms with Crippen molar-refractivity contribution in [3.05, 3.63) is 129 Å². The van der Waals surface area contributed by atoms with Crippen LogP contribution in [0.5, 0.6) is 0 Å². The third kappa shape index (κ3) is 6.93. The predicted octanol–water partition coefficient (Wildman–Crippen LogP) is 8.42. The van der Waals surface area contributed by atoms with Gasteiger partial charge in [0.2, 0.25) is 0 Å². The van der Waals surface area contributed by atoms with E-state index in [2.05, 4.69) is 0 Å². The van der Waals surface area contributed by atoms with Gasteiger partial charge in [0.15, 0.2) is 11.6 Å². The lowest BCUT2D eigenvalue weighted by Gasteiger charge is -2.10. The predicted molar refractivity (Wildman–Crippen MR) is 151 cm³/mol. The molecular weight excluding hydrogens is 497 g/mol. The minimum absolute atomic E-state index is 0.0282. The smallest absolute Gasteiger partial charge is 0.196 e. The van der Waals surface area contributed by atoms with Crippen molar-refractivity contribution in [2.24, 2.45) is 0 Å². The first-order chi connectivity index (χ1) is 16.7.